The van der Waals surface area contributed by atoms with Gasteiger partial charge in [0.15, 0.2) is 0 Å². The van der Waals surface area contributed by atoms with Gasteiger partial charge < -0.3 is 19.1 Å². The topological polar surface area (TPSA) is 73.8 Å². The van der Waals surface area contributed by atoms with E-state index >= 15 is 0 Å². The molecule has 160 valence electrons. The summed E-state index contributed by atoms with van der Waals surface area (Å²) in [5.74, 6) is 0.447. The van der Waals surface area contributed by atoms with Crippen LogP contribution < -0.4 is 14.4 Å². The third-order valence-electron chi connectivity index (χ3n) is 4.95. The molecule has 0 unspecified atom stereocenters. The molecule has 0 radical (unpaired) electrons. The van der Waals surface area contributed by atoms with E-state index < -0.39 is 5.97 Å². The molecule has 1 aromatic heterocycles. The zero-order valence-electron chi connectivity index (χ0n) is 17.3. The van der Waals surface area contributed by atoms with E-state index in [1.54, 1.807) is 26.2 Å². The smallest absolute Gasteiger partial charge is 0.345 e. The molecule has 2 aromatic carbocycles. The first kappa shape index (κ1) is 20.6. The van der Waals surface area contributed by atoms with Crippen molar-refractivity contribution in [2.75, 3.05) is 25.2 Å². The number of rotatable bonds is 7. The molecule has 0 saturated heterocycles. The van der Waals surface area contributed by atoms with Crippen molar-refractivity contribution in [1.29, 1.82) is 0 Å². The van der Waals surface area contributed by atoms with E-state index in [-0.39, 0.29) is 30.5 Å². The number of carbonyl (C=O) groups excluding carboxylic acids is 1. The number of ether oxygens (including phenoxy) is 3. The van der Waals surface area contributed by atoms with Gasteiger partial charge in [-0.2, -0.15) is 4.98 Å². The van der Waals surface area contributed by atoms with Gasteiger partial charge in [0.2, 0.25) is 11.8 Å². The first-order valence-electron chi connectivity index (χ1n) is 9.95. The highest BCUT2D eigenvalue weighted by molar-refractivity contribution is 5.91. The highest BCUT2D eigenvalue weighted by Gasteiger charge is 2.25. The maximum atomic E-state index is 13.2. The lowest BCUT2D eigenvalue weighted by atomic mass is 10.1. The molecule has 1 aliphatic rings. The molecule has 2 heterocycles. The molecule has 0 spiro atoms. The summed E-state index contributed by atoms with van der Waals surface area (Å²) >= 11 is 0. The second kappa shape index (κ2) is 8.99. The Bertz CT molecular complexity index is 1090. The molecule has 0 N–H and O–H groups in total. The van der Waals surface area contributed by atoms with Gasteiger partial charge in [-0.3, -0.25) is 0 Å². The summed E-state index contributed by atoms with van der Waals surface area (Å²) in [6.07, 6.45) is 2.24. The highest BCUT2D eigenvalue weighted by Crippen LogP contribution is 2.36. The summed E-state index contributed by atoms with van der Waals surface area (Å²) < 4.78 is 29.4. The maximum Gasteiger partial charge on any atom is 0.345 e. The molecule has 7 nitrogen and oxygen atoms in total. The molecule has 1 aliphatic heterocycles. The van der Waals surface area contributed by atoms with Gasteiger partial charge in [0.1, 0.15) is 23.7 Å². The number of hydrogen-bond donors (Lipinski definition) is 0. The average molecular weight is 423 g/mol. The summed E-state index contributed by atoms with van der Waals surface area (Å²) in [6, 6.07) is 11.8. The van der Waals surface area contributed by atoms with Crippen LogP contribution >= 0.6 is 0 Å². The number of esters is 1. The molecule has 0 fully saturated rings. The number of aromatic nitrogens is 2. The molecule has 0 atom stereocenters. The Labute approximate surface area is 179 Å². The van der Waals surface area contributed by atoms with Gasteiger partial charge in [-0.25, -0.2) is 14.2 Å². The van der Waals surface area contributed by atoms with E-state index in [0.717, 1.165) is 29.0 Å². The third kappa shape index (κ3) is 4.42. The largest absolute Gasteiger partial charge is 0.497 e. The summed E-state index contributed by atoms with van der Waals surface area (Å²) in [5.41, 5.74) is 3.00. The molecular formula is C23H22FN3O4. The van der Waals surface area contributed by atoms with E-state index in [4.69, 9.17) is 14.2 Å². The van der Waals surface area contributed by atoms with Crippen molar-refractivity contribution >= 4 is 17.6 Å². The fourth-order valence-electron chi connectivity index (χ4n) is 3.39. The maximum absolute atomic E-state index is 13.2. The van der Waals surface area contributed by atoms with Crippen LogP contribution in [0, 0.1) is 5.82 Å². The number of nitrogens with zero attached hydrogens (tertiary/aromatic N) is 3. The molecule has 31 heavy (non-hydrogen) atoms. The minimum absolute atomic E-state index is 0.120. The van der Waals surface area contributed by atoms with Gasteiger partial charge in [0, 0.05) is 12.2 Å². The van der Waals surface area contributed by atoms with Crippen LogP contribution in [0.5, 0.6) is 11.6 Å². The Balaban J connectivity index is 1.63. The second-order valence-corrected chi connectivity index (χ2v) is 6.92. The van der Waals surface area contributed by atoms with Crippen molar-refractivity contribution in [2.45, 2.75) is 20.0 Å². The van der Waals surface area contributed by atoms with Crippen LogP contribution in [-0.2, 0) is 17.8 Å². The molecule has 0 saturated carbocycles. The summed E-state index contributed by atoms with van der Waals surface area (Å²) in [6.45, 7) is 2.76. The Kier molecular flexibility index (Phi) is 5.97. The van der Waals surface area contributed by atoms with Crippen LogP contribution in [0.3, 0.4) is 0 Å². The number of methoxy groups -OCH3 is 1. The van der Waals surface area contributed by atoms with Crippen molar-refractivity contribution in [3.63, 3.8) is 0 Å². The zero-order chi connectivity index (χ0) is 21.8. The molecule has 0 amide bonds. The standard InChI is InChI=1S/C23H22FN3O4/c1-3-30-22(28)19-13-25-23(26-21(19)31-14-15-4-6-17(24)7-5-15)27-11-10-16-12-18(29-2)8-9-20(16)27/h4-9,12-13H,3,10-11,14H2,1-2H3. The monoisotopic (exact) mass is 423 g/mol. The van der Waals surface area contributed by atoms with E-state index in [1.807, 2.05) is 23.1 Å². The lowest BCUT2D eigenvalue weighted by molar-refractivity contribution is 0.0519. The molecule has 0 aliphatic carbocycles. The normalized spacial score (nSPS) is 12.4. The fraction of sp³-hybridized carbons (Fsp3) is 0.261. The summed E-state index contributed by atoms with van der Waals surface area (Å²) in [7, 11) is 1.64. The van der Waals surface area contributed by atoms with Crippen molar-refractivity contribution in [3.05, 3.63) is 71.2 Å². The lowest BCUT2D eigenvalue weighted by Gasteiger charge is -2.19. The zero-order valence-corrected chi connectivity index (χ0v) is 17.3. The van der Waals surface area contributed by atoms with Crippen LogP contribution in [0.25, 0.3) is 0 Å². The number of anilines is 2. The van der Waals surface area contributed by atoms with Crippen LogP contribution in [0.2, 0.25) is 0 Å². The van der Waals surface area contributed by atoms with Crippen LogP contribution in [0.15, 0.2) is 48.7 Å². The predicted octanol–water partition coefficient (Wildman–Crippen LogP) is 4.07. The molecule has 8 heteroatoms. The first-order valence-corrected chi connectivity index (χ1v) is 9.95. The first-order chi connectivity index (χ1) is 15.1. The quantitative estimate of drug-likeness (QED) is 0.530. The van der Waals surface area contributed by atoms with E-state index in [2.05, 4.69) is 9.97 Å². The van der Waals surface area contributed by atoms with Crippen LogP contribution in [0.4, 0.5) is 16.0 Å². The highest BCUT2D eigenvalue weighted by atomic mass is 19.1. The number of halogens is 1. The minimum atomic E-state index is -0.560. The molecule has 0 bridgehead atoms. The molecule has 4 rings (SSSR count). The van der Waals surface area contributed by atoms with Crippen LogP contribution in [-0.4, -0.2) is 36.2 Å². The lowest BCUT2D eigenvalue weighted by Crippen LogP contribution is -2.18. The average Bonchev–Trinajstić information content (AvgIpc) is 3.22. The van der Waals surface area contributed by atoms with Gasteiger partial charge in [0.25, 0.3) is 0 Å². The number of carbonyl (C=O) groups is 1. The van der Waals surface area contributed by atoms with Gasteiger partial charge in [-0.05, 0) is 54.8 Å². The van der Waals surface area contributed by atoms with E-state index in [9.17, 15) is 9.18 Å². The fourth-order valence-corrected chi connectivity index (χ4v) is 3.39. The van der Waals surface area contributed by atoms with E-state index in [0.29, 0.717) is 12.5 Å². The molecule has 3 aromatic rings. The number of benzene rings is 2. The van der Waals surface area contributed by atoms with Gasteiger partial charge in [-0.1, -0.05) is 12.1 Å². The van der Waals surface area contributed by atoms with Gasteiger partial charge in [0.05, 0.1) is 19.9 Å². The Morgan fingerprint density at radius 3 is 2.74 bits per heavy atom. The van der Waals surface area contributed by atoms with Crippen molar-refractivity contribution in [2.24, 2.45) is 0 Å². The summed E-state index contributed by atoms with van der Waals surface area (Å²) in [4.78, 5) is 23.2. The Morgan fingerprint density at radius 1 is 1.19 bits per heavy atom. The predicted molar refractivity (Wildman–Crippen MR) is 112 cm³/mol. The van der Waals surface area contributed by atoms with Crippen molar-refractivity contribution in [3.8, 4) is 11.6 Å². The molecular weight excluding hydrogens is 401 g/mol. The third-order valence-corrected chi connectivity index (χ3v) is 4.95. The van der Waals surface area contributed by atoms with Crippen molar-refractivity contribution < 1.29 is 23.4 Å². The van der Waals surface area contributed by atoms with Gasteiger partial charge in [-0.15, -0.1) is 0 Å². The van der Waals surface area contributed by atoms with Gasteiger partial charge >= 0.3 is 5.97 Å². The van der Waals surface area contributed by atoms with Crippen LogP contribution in [0.1, 0.15) is 28.4 Å². The second-order valence-electron chi connectivity index (χ2n) is 6.92. The minimum Gasteiger partial charge on any atom is -0.497 e. The van der Waals surface area contributed by atoms with Crippen molar-refractivity contribution in [1.82, 2.24) is 9.97 Å². The number of hydrogen-bond acceptors (Lipinski definition) is 7. The SMILES string of the molecule is CCOC(=O)c1cnc(N2CCc3cc(OC)ccc32)nc1OCc1ccc(F)cc1. The summed E-state index contributed by atoms with van der Waals surface area (Å²) in [5, 5.41) is 0. The Hall–Kier alpha value is -3.68. The Morgan fingerprint density at radius 2 is 2.00 bits per heavy atom. The number of fused-ring (bicyclic) bond motifs is 1. The van der Waals surface area contributed by atoms with E-state index in [1.165, 1.54) is 18.3 Å².